The number of amides is 1. The normalized spacial score (nSPS) is 12.1. The number of nitrogens with one attached hydrogen (secondary N) is 1. The van der Waals surface area contributed by atoms with Crippen LogP contribution < -0.4 is 5.32 Å². The third-order valence-electron chi connectivity index (χ3n) is 2.43. The number of aliphatic carboxylic acids is 1. The first-order valence-corrected chi connectivity index (χ1v) is 6.49. The summed E-state index contributed by atoms with van der Waals surface area (Å²) < 4.78 is 0. The van der Waals surface area contributed by atoms with E-state index in [0.717, 1.165) is 12.8 Å². The predicted molar refractivity (Wildman–Crippen MR) is 67.1 cm³/mol. The zero-order valence-electron chi connectivity index (χ0n) is 9.81. The summed E-state index contributed by atoms with van der Waals surface area (Å²) in [6, 6.07) is 4.05. The molecular formula is C12H17NO3S. The molecule has 0 bridgehead atoms. The van der Waals surface area contributed by atoms with Crippen molar-refractivity contribution in [3.63, 3.8) is 0 Å². The van der Waals surface area contributed by atoms with Gasteiger partial charge in [-0.05, 0) is 24.3 Å². The fourth-order valence-corrected chi connectivity index (χ4v) is 2.07. The molecule has 0 aliphatic rings. The Labute approximate surface area is 105 Å². The molecule has 0 spiro atoms. The lowest BCUT2D eigenvalue weighted by Gasteiger charge is -2.07. The fourth-order valence-electron chi connectivity index (χ4n) is 1.32. The summed E-state index contributed by atoms with van der Waals surface area (Å²) in [4.78, 5) is 23.2. The molecule has 0 saturated carbocycles. The van der Waals surface area contributed by atoms with E-state index in [9.17, 15) is 9.59 Å². The lowest BCUT2D eigenvalue weighted by Crippen LogP contribution is -2.31. The maximum Gasteiger partial charge on any atom is 0.308 e. The molecular weight excluding hydrogens is 238 g/mol. The number of thiophene rings is 1. The van der Waals surface area contributed by atoms with Crippen molar-refractivity contribution in [3.8, 4) is 0 Å². The third-order valence-corrected chi connectivity index (χ3v) is 3.37. The largest absolute Gasteiger partial charge is 0.481 e. The van der Waals surface area contributed by atoms with E-state index < -0.39 is 11.9 Å². The van der Waals surface area contributed by atoms with Gasteiger partial charge in [-0.15, -0.1) is 11.3 Å². The Morgan fingerprint density at radius 1 is 1.53 bits per heavy atom. The minimum atomic E-state index is -0.885. The molecule has 1 amide bonds. The van der Waals surface area contributed by atoms with E-state index in [0.29, 0.717) is 6.42 Å². The van der Waals surface area contributed by atoms with Crippen molar-refractivity contribution < 1.29 is 14.7 Å². The average molecular weight is 255 g/mol. The Hall–Kier alpha value is -1.36. The highest BCUT2D eigenvalue weighted by molar-refractivity contribution is 7.09. The van der Waals surface area contributed by atoms with E-state index in [1.165, 1.54) is 4.88 Å². The molecule has 1 rings (SSSR count). The van der Waals surface area contributed by atoms with Gasteiger partial charge >= 0.3 is 5.97 Å². The topological polar surface area (TPSA) is 66.4 Å². The van der Waals surface area contributed by atoms with Gasteiger partial charge in [0, 0.05) is 17.8 Å². The van der Waals surface area contributed by atoms with E-state index in [2.05, 4.69) is 11.4 Å². The smallest absolute Gasteiger partial charge is 0.308 e. The van der Waals surface area contributed by atoms with Crippen molar-refractivity contribution in [2.75, 3.05) is 6.54 Å². The number of aryl methyl sites for hydroxylation is 1. The first kappa shape index (κ1) is 13.7. The molecule has 1 heterocycles. The van der Waals surface area contributed by atoms with Gasteiger partial charge in [0.25, 0.3) is 0 Å². The highest BCUT2D eigenvalue weighted by Crippen LogP contribution is 2.11. The van der Waals surface area contributed by atoms with Gasteiger partial charge in [-0.2, -0.15) is 0 Å². The van der Waals surface area contributed by atoms with Crippen LogP contribution in [0.4, 0.5) is 0 Å². The van der Waals surface area contributed by atoms with Gasteiger partial charge in [-0.25, -0.2) is 0 Å². The van der Waals surface area contributed by atoms with Gasteiger partial charge < -0.3 is 10.4 Å². The number of rotatable bonds is 7. The van der Waals surface area contributed by atoms with Crippen LogP contribution in [0.1, 0.15) is 24.6 Å². The molecule has 0 radical (unpaired) electrons. The predicted octanol–water partition coefficient (Wildman–Crippen LogP) is 1.91. The number of hydrogen-bond acceptors (Lipinski definition) is 3. The van der Waals surface area contributed by atoms with Gasteiger partial charge in [0.15, 0.2) is 0 Å². The third kappa shape index (κ3) is 5.49. The van der Waals surface area contributed by atoms with E-state index in [1.54, 1.807) is 18.3 Å². The quantitative estimate of drug-likeness (QED) is 0.782. The van der Waals surface area contributed by atoms with Crippen molar-refractivity contribution in [3.05, 3.63) is 22.4 Å². The summed E-state index contributed by atoms with van der Waals surface area (Å²) >= 11 is 1.69. The monoisotopic (exact) mass is 255 g/mol. The van der Waals surface area contributed by atoms with Crippen molar-refractivity contribution in [1.82, 2.24) is 5.32 Å². The van der Waals surface area contributed by atoms with Gasteiger partial charge in [0.05, 0.1) is 5.92 Å². The van der Waals surface area contributed by atoms with Crippen LogP contribution in [-0.4, -0.2) is 23.5 Å². The highest BCUT2D eigenvalue weighted by Gasteiger charge is 2.11. The van der Waals surface area contributed by atoms with Crippen LogP contribution in [0.5, 0.6) is 0 Å². The molecule has 0 aliphatic heterocycles. The van der Waals surface area contributed by atoms with Crippen LogP contribution in [-0.2, 0) is 16.0 Å². The second-order valence-corrected chi connectivity index (χ2v) is 5.01. The first-order chi connectivity index (χ1) is 8.09. The molecule has 0 aliphatic carbocycles. The van der Waals surface area contributed by atoms with Crippen molar-refractivity contribution in [1.29, 1.82) is 0 Å². The zero-order chi connectivity index (χ0) is 12.7. The first-order valence-electron chi connectivity index (χ1n) is 5.61. The molecule has 1 aromatic heterocycles. The van der Waals surface area contributed by atoms with Gasteiger partial charge in [-0.1, -0.05) is 13.0 Å². The molecule has 5 heteroatoms. The van der Waals surface area contributed by atoms with Crippen molar-refractivity contribution >= 4 is 23.2 Å². The standard InChI is InChI=1S/C12H17NO3S/c1-9(12(15)16)8-13-11(14)6-2-4-10-5-3-7-17-10/h3,5,7,9H,2,4,6,8H2,1H3,(H,13,14)(H,15,16). The fraction of sp³-hybridized carbons (Fsp3) is 0.500. The minimum absolute atomic E-state index is 0.0744. The van der Waals surface area contributed by atoms with E-state index in [-0.39, 0.29) is 12.5 Å². The lowest BCUT2D eigenvalue weighted by atomic mass is 10.1. The molecule has 0 saturated heterocycles. The molecule has 2 N–H and O–H groups in total. The van der Waals surface area contributed by atoms with Crippen LogP contribution in [0.25, 0.3) is 0 Å². The summed E-state index contributed by atoms with van der Waals surface area (Å²) in [7, 11) is 0. The Bertz CT molecular complexity index is 362. The number of carboxylic acid groups (broad SMARTS) is 1. The van der Waals surface area contributed by atoms with Crippen molar-refractivity contribution in [2.24, 2.45) is 5.92 Å². The van der Waals surface area contributed by atoms with Crippen LogP contribution >= 0.6 is 11.3 Å². The van der Waals surface area contributed by atoms with Crippen LogP contribution in [0.3, 0.4) is 0 Å². The number of carbonyl (C=O) groups is 2. The zero-order valence-corrected chi connectivity index (χ0v) is 10.6. The Morgan fingerprint density at radius 3 is 2.88 bits per heavy atom. The number of carboxylic acids is 1. The Kier molecular flexibility index (Phi) is 5.69. The summed E-state index contributed by atoms with van der Waals surface area (Å²) in [6.45, 7) is 1.78. The average Bonchev–Trinajstić information content (AvgIpc) is 2.78. The number of carbonyl (C=O) groups excluding carboxylic acids is 1. The van der Waals surface area contributed by atoms with Gasteiger partial charge in [-0.3, -0.25) is 9.59 Å². The highest BCUT2D eigenvalue weighted by atomic mass is 32.1. The van der Waals surface area contributed by atoms with Gasteiger partial charge in [0.1, 0.15) is 0 Å². The summed E-state index contributed by atoms with van der Waals surface area (Å²) in [5, 5.41) is 13.3. The molecule has 17 heavy (non-hydrogen) atoms. The van der Waals surface area contributed by atoms with Crippen LogP contribution in [0, 0.1) is 5.92 Å². The van der Waals surface area contributed by atoms with Gasteiger partial charge in [0.2, 0.25) is 5.91 Å². The van der Waals surface area contributed by atoms with E-state index in [1.807, 2.05) is 11.4 Å². The minimum Gasteiger partial charge on any atom is -0.481 e. The molecule has 4 nitrogen and oxygen atoms in total. The molecule has 1 atom stereocenters. The Morgan fingerprint density at radius 2 is 2.29 bits per heavy atom. The molecule has 0 aromatic carbocycles. The maximum atomic E-state index is 11.4. The summed E-state index contributed by atoms with van der Waals surface area (Å²) in [6.07, 6.45) is 2.15. The van der Waals surface area contributed by atoms with E-state index in [4.69, 9.17) is 5.11 Å². The van der Waals surface area contributed by atoms with E-state index >= 15 is 0 Å². The lowest BCUT2D eigenvalue weighted by molar-refractivity contribution is -0.141. The van der Waals surface area contributed by atoms with Crippen LogP contribution in [0.15, 0.2) is 17.5 Å². The summed E-state index contributed by atoms with van der Waals surface area (Å²) in [5.41, 5.74) is 0. The molecule has 94 valence electrons. The molecule has 1 aromatic rings. The Balaban J connectivity index is 2.11. The maximum absolute atomic E-state index is 11.4. The number of hydrogen-bond donors (Lipinski definition) is 2. The second-order valence-electron chi connectivity index (χ2n) is 3.98. The molecule has 0 fully saturated rings. The van der Waals surface area contributed by atoms with Crippen molar-refractivity contribution in [2.45, 2.75) is 26.2 Å². The van der Waals surface area contributed by atoms with Crippen LogP contribution in [0.2, 0.25) is 0 Å². The second kappa shape index (κ2) is 7.06. The summed E-state index contributed by atoms with van der Waals surface area (Å²) in [5.74, 6) is -1.49. The SMILES string of the molecule is CC(CNC(=O)CCCc1cccs1)C(=O)O. The molecule has 1 unspecified atom stereocenters.